The molecule has 13 heteroatoms. The number of carbonyl (C=O) groups is 2. The lowest BCUT2D eigenvalue weighted by Gasteiger charge is -2.12. The van der Waals surface area contributed by atoms with Gasteiger partial charge in [0.1, 0.15) is 5.70 Å². The maximum absolute atomic E-state index is 13.2. The van der Waals surface area contributed by atoms with E-state index in [1.807, 2.05) is 6.92 Å². The van der Waals surface area contributed by atoms with Crippen LogP contribution in [0.5, 0.6) is 0 Å². The van der Waals surface area contributed by atoms with E-state index in [1.165, 1.54) is 54.7 Å². The Bertz CT molecular complexity index is 1650. The number of hydrogen-bond donors (Lipinski definition) is 3. The third-order valence-electron chi connectivity index (χ3n) is 5.28. The third-order valence-corrected chi connectivity index (χ3v) is 7.45. The smallest absolute Gasteiger partial charge is 0.272 e. The molecule has 0 aliphatic heterocycles. The van der Waals surface area contributed by atoms with Gasteiger partial charge < -0.3 is 10.6 Å². The first-order valence-corrected chi connectivity index (χ1v) is 13.6. The van der Waals surface area contributed by atoms with Gasteiger partial charge in [0, 0.05) is 35.0 Å². The summed E-state index contributed by atoms with van der Waals surface area (Å²) < 4.78 is 27.5. The molecule has 0 atom stereocenters. The predicted molar refractivity (Wildman–Crippen MR) is 148 cm³/mol. The van der Waals surface area contributed by atoms with Crippen LogP contribution in [0.15, 0.2) is 95.0 Å². The Hall–Kier alpha value is -4.88. The Morgan fingerprint density at radius 1 is 1.03 bits per heavy atom. The van der Waals surface area contributed by atoms with Gasteiger partial charge in [-0.15, -0.1) is 11.3 Å². The van der Waals surface area contributed by atoms with E-state index in [0.29, 0.717) is 11.1 Å². The molecule has 0 radical (unpaired) electrons. The lowest BCUT2D eigenvalue weighted by Crippen LogP contribution is -2.30. The number of nitrogens with one attached hydrogen (secondary N) is 3. The number of benzene rings is 3. The Kier molecular flexibility index (Phi) is 8.13. The van der Waals surface area contributed by atoms with Gasteiger partial charge in [-0.1, -0.05) is 29.8 Å². The maximum atomic E-state index is 13.2. The highest BCUT2D eigenvalue weighted by atomic mass is 32.2. The highest BCUT2D eigenvalue weighted by Gasteiger charge is 2.18. The molecule has 2 amide bonds. The van der Waals surface area contributed by atoms with Crippen molar-refractivity contribution in [1.29, 1.82) is 0 Å². The van der Waals surface area contributed by atoms with Gasteiger partial charge in [-0.25, -0.2) is 13.4 Å². The average Bonchev–Trinajstić information content (AvgIpc) is 3.41. The molecule has 0 spiro atoms. The Morgan fingerprint density at radius 3 is 2.38 bits per heavy atom. The van der Waals surface area contributed by atoms with Crippen LogP contribution in [0.3, 0.4) is 0 Å². The second-order valence-corrected chi connectivity index (χ2v) is 10.7. The molecule has 198 valence electrons. The zero-order valence-corrected chi connectivity index (χ0v) is 22.0. The topological polar surface area (TPSA) is 160 Å². The molecule has 1 aromatic heterocycles. The minimum Gasteiger partial charge on any atom is -0.321 e. The lowest BCUT2D eigenvalue weighted by molar-refractivity contribution is -0.384. The lowest BCUT2D eigenvalue weighted by atomic mass is 10.1. The molecular weight excluding hydrogens is 542 g/mol. The molecule has 0 fully saturated rings. The van der Waals surface area contributed by atoms with Crippen LogP contribution in [0.25, 0.3) is 6.08 Å². The number of aromatic nitrogens is 1. The van der Waals surface area contributed by atoms with Crippen LogP contribution >= 0.6 is 11.3 Å². The van der Waals surface area contributed by atoms with Crippen molar-refractivity contribution >= 4 is 55.8 Å². The van der Waals surface area contributed by atoms with Gasteiger partial charge in [0.25, 0.3) is 27.5 Å². The summed E-state index contributed by atoms with van der Waals surface area (Å²) in [6.07, 6.45) is 2.78. The molecule has 0 unspecified atom stereocenters. The van der Waals surface area contributed by atoms with Gasteiger partial charge >= 0.3 is 0 Å². The standard InChI is InChI=1S/C26H21N5O6S2/c1-17-5-7-19(8-6-17)24(32)29-23(16-18-3-2-4-21(15-18)31(34)35)25(33)28-20-9-11-22(12-10-20)39(36,37)30-26-27-13-14-38-26/h2-16H,1H3,(H,27,30)(H,28,33)(H,29,32)/b23-16-. The number of rotatable bonds is 9. The van der Waals surface area contributed by atoms with Gasteiger partial charge in [-0.3, -0.25) is 24.4 Å². The maximum Gasteiger partial charge on any atom is 0.272 e. The molecule has 1 heterocycles. The molecule has 0 saturated heterocycles. The highest BCUT2D eigenvalue weighted by molar-refractivity contribution is 7.93. The molecule has 4 rings (SSSR count). The van der Waals surface area contributed by atoms with Crippen molar-refractivity contribution in [3.05, 3.63) is 117 Å². The fourth-order valence-electron chi connectivity index (χ4n) is 3.32. The van der Waals surface area contributed by atoms with Gasteiger partial charge in [-0.2, -0.15) is 0 Å². The van der Waals surface area contributed by atoms with Crippen LogP contribution in [0.2, 0.25) is 0 Å². The number of amides is 2. The quantitative estimate of drug-likeness (QED) is 0.153. The van der Waals surface area contributed by atoms with Crippen molar-refractivity contribution in [1.82, 2.24) is 10.3 Å². The average molecular weight is 564 g/mol. The third kappa shape index (κ3) is 7.12. The van der Waals surface area contributed by atoms with E-state index in [9.17, 15) is 28.1 Å². The summed E-state index contributed by atoms with van der Waals surface area (Å²) >= 11 is 1.13. The number of sulfonamides is 1. The Morgan fingerprint density at radius 2 is 1.74 bits per heavy atom. The van der Waals surface area contributed by atoms with Gasteiger partial charge in [0.15, 0.2) is 5.13 Å². The van der Waals surface area contributed by atoms with E-state index in [-0.39, 0.29) is 27.1 Å². The van der Waals surface area contributed by atoms with Crippen molar-refractivity contribution in [2.24, 2.45) is 0 Å². The van der Waals surface area contributed by atoms with Crippen molar-refractivity contribution in [2.45, 2.75) is 11.8 Å². The molecule has 4 aromatic rings. The number of hydrogen-bond acceptors (Lipinski definition) is 8. The summed E-state index contributed by atoms with van der Waals surface area (Å²) in [5.74, 6) is -1.28. The van der Waals surface area contributed by atoms with Crippen LogP contribution in [0.4, 0.5) is 16.5 Å². The summed E-state index contributed by atoms with van der Waals surface area (Å²) in [5, 5.41) is 18.2. The first-order chi connectivity index (χ1) is 18.6. The Balaban J connectivity index is 1.57. The van der Waals surface area contributed by atoms with Gasteiger partial charge in [0.2, 0.25) is 0 Å². The number of aryl methyl sites for hydroxylation is 1. The van der Waals surface area contributed by atoms with Crippen molar-refractivity contribution in [3.63, 3.8) is 0 Å². The summed E-state index contributed by atoms with van der Waals surface area (Å²) in [6.45, 7) is 1.87. The van der Waals surface area contributed by atoms with Crippen molar-refractivity contribution in [2.75, 3.05) is 10.0 Å². The minimum atomic E-state index is -3.88. The molecule has 0 saturated carbocycles. The van der Waals surface area contributed by atoms with Crippen LogP contribution in [-0.2, 0) is 14.8 Å². The normalized spacial score (nSPS) is 11.5. The SMILES string of the molecule is Cc1ccc(C(=O)N/C(=C\c2cccc([N+](=O)[O-])c2)C(=O)Nc2ccc(S(=O)(=O)Nc3nccs3)cc2)cc1. The minimum absolute atomic E-state index is 0.0456. The van der Waals surface area contributed by atoms with E-state index in [2.05, 4.69) is 20.3 Å². The summed E-state index contributed by atoms with van der Waals surface area (Å²) in [4.78, 5) is 40.5. The van der Waals surface area contributed by atoms with E-state index in [4.69, 9.17) is 0 Å². The van der Waals surface area contributed by atoms with Crippen LogP contribution < -0.4 is 15.4 Å². The fourth-order valence-corrected chi connectivity index (χ4v) is 5.10. The molecule has 0 aliphatic rings. The first kappa shape index (κ1) is 27.2. The van der Waals surface area contributed by atoms with Crippen LogP contribution in [0, 0.1) is 17.0 Å². The number of nitro benzene ring substituents is 1. The van der Waals surface area contributed by atoms with Crippen LogP contribution in [0.1, 0.15) is 21.5 Å². The fraction of sp³-hybridized carbons (Fsp3) is 0.0385. The van der Waals surface area contributed by atoms with E-state index in [0.717, 1.165) is 16.9 Å². The largest absolute Gasteiger partial charge is 0.321 e. The molecule has 0 bridgehead atoms. The highest BCUT2D eigenvalue weighted by Crippen LogP contribution is 2.21. The molecule has 11 nitrogen and oxygen atoms in total. The number of anilines is 2. The molecular formula is C26H21N5O6S2. The zero-order chi connectivity index (χ0) is 28.0. The second-order valence-electron chi connectivity index (χ2n) is 8.15. The number of non-ortho nitro benzene ring substituents is 1. The number of carbonyl (C=O) groups excluding carboxylic acids is 2. The van der Waals surface area contributed by atoms with Crippen LogP contribution in [-0.4, -0.2) is 30.1 Å². The summed E-state index contributed by atoms with van der Waals surface area (Å²) in [6, 6.07) is 17.7. The number of thiazole rings is 1. The van der Waals surface area contributed by atoms with Gasteiger partial charge in [-0.05, 0) is 55.0 Å². The molecule has 39 heavy (non-hydrogen) atoms. The summed E-state index contributed by atoms with van der Waals surface area (Å²) in [7, 11) is -3.88. The molecule has 0 aliphatic carbocycles. The Labute approximate surface area is 227 Å². The molecule has 3 aromatic carbocycles. The first-order valence-electron chi connectivity index (χ1n) is 11.3. The van der Waals surface area contributed by atoms with E-state index >= 15 is 0 Å². The van der Waals surface area contributed by atoms with Gasteiger partial charge in [0.05, 0.1) is 9.82 Å². The number of nitrogens with zero attached hydrogens (tertiary/aromatic N) is 2. The van der Waals surface area contributed by atoms with E-state index in [1.54, 1.807) is 35.7 Å². The molecule has 3 N–H and O–H groups in total. The van der Waals surface area contributed by atoms with E-state index < -0.39 is 26.8 Å². The summed E-state index contributed by atoms with van der Waals surface area (Å²) in [5.41, 5.74) is 1.46. The van der Waals surface area contributed by atoms with Crippen molar-refractivity contribution in [3.8, 4) is 0 Å². The zero-order valence-electron chi connectivity index (χ0n) is 20.3. The predicted octanol–water partition coefficient (Wildman–Crippen LogP) is 4.57. The number of nitro groups is 1. The second kappa shape index (κ2) is 11.7. The van der Waals surface area contributed by atoms with Crippen molar-refractivity contribution < 1.29 is 22.9 Å². The monoisotopic (exact) mass is 563 g/mol.